The van der Waals surface area contributed by atoms with Gasteiger partial charge in [0.1, 0.15) is 0 Å². The van der Waals surface area contributed by atoms with Gasteiger partial charge in [-0.3, -0.25) is 0 Å². The molecule has 0 rings (SSSR count). The summed E-state index contributed by atoms with van der Waals surface area (Å²) in [5.41, 5.74) is 0. The first-order valence-corrected chi connectivity index (χ1v) is 7.07. The molecule has 2 heteroatoms. The zero-order valence-electron chi connectivity index (χ0n) is 8.91. The molecule has 0 saturated heterocycles. The standard InChI is InChI=1S/C9H21OSi/c1-8(2)10-11(6,7)9(3,4)5/h1-7H3. The Hall–Kier alpha value is 0.177. The number of hydrogen-bond donors (Lipinski definition) is 0. The molecule has 0 aromatic heterocycles. The van der Waals surface area contributed by atoms with Gasteiger partial charge in [0.2, 0.25) is 0 Å². The molecule has 0 aliphatic rings. The summed E-state index contributed by atoms with van der Waals surface area (Å²) in [6.07, 6.45) is 1.09. The van der Waals surface area contributed by atoms with E-state index in [-0.39, 0.29) is 0 Å². The maximum Gasteiger partial charge on any atom is 0.192 e. The predicted octanol–water partition coefficient (Wildman–Crippen LogP) is 3.58. The van der Waals surface area contributed by atoms with Gasteiger partial charge in [0.25, 0.3) is 0 Å². The summed E-state index contributed by atoms with van der Waals surface area (Å²) in [6.45, 7) is 15.3. The summed E-state index contributed by atoms with van der Waals surface area (Å²) in [5.74, 6) is 0. The first-order valence-electron chi connectivity index (χ1n) is 4.16. The van der Waals surface area contributed by atoms with Gasteiger partial charge in [-0.2, -0.15) is 0 Å². The lowest BCUT2D eigenvalue weighted by molar-refractivity contribution is 0.313. The van der Waals surface area contributed by atoms with Crippen molar-refractivity contribution in [1.29, 1.82) is 0 Å². The van der Waals surface area contributed by atoms with Crippen molar-refractivity contribution in [2.75, 3.05) is 0 Å². The summed E-state index contributed by atoms with van der Waals surface area (Å²) < 4.78 is 5.86. The van der Waals surface area contributed by atoms with E-state index >= 15 is 0 Å². The molecule has 67 valence electrons. The van der Waals surface area contributed by atoms with E-state index in [1.165, 1.54) is 0 Å². The second-order valence-electron chi connectivity index (χ2n) is 4.77. The van der Waals surface area contributed by atoms with Crippen molar-refractivity contribution in [3.8, 4) is 0 Å². The summed E-state index contributed by atoms with van der Waals surface area (Å²) in [5, 5.41) is 0.324. The van der Waals surface area contributed by atoms with Crippen molar-refractivity contribution in [2.45, 2.75) is 52.8 Å². The van der Waals surface area contributed by atoms with Gasteiger partial charge in [0, 0.05) is 0 Å². The van der Waals surface area contributed by atoms with Crippen molar-refractivity contribution >= 4 is 8.32 Å². The van der Waals surface area contributed by atoms with E-state index in [9.17, 15) is 0 Å². The molecule has 11 heavy (non-hydrogen) atoms. The number of hydrogen-bond acceptors (Lipinski definition) is 1. The maximum atomic E-state index is 5.86. The van der Waals surface area contributed by atoms with Gasteiger partial charge in [0.15, 0.2) is 8.32 Å². The van der Waals surface area contributed by atoms with Crippen molar-refractivity contribution in [3.63, 3.8) is 0 Å². The molecule has 0 saturated carbocycles. The maximum absolute atomic E-state index is 5.86. The Kier molecular flexibility index (Phi) is 3.33. The van der Waals surface area contributed by atoms with Crippen LogP contribution in [-0.4, -0.2) is 8.32 Å². The van der Waals surface area contributed by atoms with Crippen LogP contribution in [0.4, 0.5) is 0 Å². The molecule has 0 unspecified atom stereocenters. The highest BCUT2D eigenvalue weighted by Crippen LogP contribution is 2.37. The van der Waals surface area contributed by atoms with Crippen LogP contribution >= 0.6 is 0 Å². The molecule has 0 spiro atoms. The fraction of sp³-hybridized carbons (Fsp3) is 0.889. The van der Waals surface area contributed by atoms with Gasteiger partial charge in [-0.1, -0.05) is 20.8 Å². The lowest BCUT2D eigenvalue weighted by atomic mass is 10.2. The average molecular weight is 173 g/mol. The third-order valence-corrected chi connectivity index (χ3v) is 6.80. The van der Waals surface area contributed by atoms with Crippen LogP contribution in [0.3, 0.4) is 0 Å². The van der Waals surface area contributed by atoms with Gasteiger partial charge < -0.3 is 4.43 Å². The minimum absolute atomic E-state index is 0.324. The van der Waals surface area contributed by atoms with Crippen molar-refractivity contribution in [2.24, 2.45) is 0 Å². The van der Waals surface area contributed by atoms with E-state index in [0.717, 1.165) is 6.10 Å². The molecule has 0 atom stereocenters. The van der Waals surface area contributed by atoms with E-state index < -0.39 is 8.32 Å². The molecule has 1 nitrogen and oxygen atoms in total. The molecule has 0 aromatic carbocycles. The van der Waals surface area contributed by atoms with Crippen LogP contribution in [0.25, 0.3) is 0 Å². The van der Waals surface area contributed by atoms with Crippen molar-refractivity contribution in [3.05, 3.63) is 6.10 Å². The molecule has 0 bridgehead atoms. The Morgan fingerprint density at radius 3 is 1.55 bits per heavy atom. The van der Waals surface area contributed by atoms with E-state index in [1.807, 2.05) is 13.8 Å². The first-order chi connectivity index (χ1) is 4.67. The van der Waals surface area contributed by atoms with Crippen LogP contribution in [0.5, 0.6) is 0 Å². The molecular weight excluding hydrogens is 152 g/mol. The molecule has 0 aliphatic carbocycles. The van der Waals surface area contributed by atoms with Crippen LogP contribution in [0.1, 0.15) is 34.6 Å². The second-order valence-corrected chi connectivity index (χ2v) is 9.50. The zero-order valence-corrected chi connectivity index (χ0v) is 9.91. The highest BCUT2D eigenvalue weighted by atomic mass is 28.4. The van der Waals surface area contributed by atoms with Crippen molar-refractivity contribution < 1.29 is 4.43 Å². The Morgan fingerprint density at radius 1 is 1.09 bits per heavy atom. The average Bonchev–Trinajstić information content (AvgIpc) is 1.56. The minimum Gasteiger partial charge on any atom is -0.409 e. The Morgan fingerprint density at radius 2 is 1.45 bits per heavy atom. The third-order valence-electron chi connectivity index (χ3n) is 2.27. The van der Waals surface area contributed by atoms with Crippen LogP contribution in [0, 0.1) is 6.10 Å². The predicted molar refractivity (Wildman–Crippen MR) is 52.9 cm³/mol. The molecule has 0 fully saturated rings. The highest BCUT2D eigenvalue weighted by Gasteiger charge is 2.37. The largest absolute Gasteiger partial charge is 0.409 e. The van der Waals surface area contributed by atoms with Crippen LogP contribution in [0.15, 0.2) is 0 Å². The minimum atomic E-state index is -1.51. The Balaban J connectivity index is 4.22. The van der Waals surface area contributed by atoms with Gasteiger partial charge in [-0.15, -0.1) is 0 Å². The Bertz CT molecular complexity index is 122. The van der Waals surface area contributed by atoms with Crippen LogP contribution in [-0.2, 0) is 4.43 Å². The molecule has 0 heterocycles. The van der Waals surface area contributed by atoms with Gasteiger partial charge in [-0.25, -0.2) is 0 Å². The van der Waals surface area contributed by atoms with Gasteiger partial charge in [-0.05, 0) is 32.0 Å². The fourth-order valence-corrected chi connectivity index (χ4v) is 1.99. The zero-order chi connectivity index (χ0) is 9.28. The van der Waals surface area contributed by atoms with E-state index in [4.69, 9.17) is 4.43 Å². The molecule has 0 aliphatic heterocycles. The molecule has 0 N–H and O–H groups in total. The quantitative estimate of drug-likeness (QED) is 0.580. The van der Waals surface area contributed by atoms with Crippen LogP contribution in [0.2, 0.25) is 18.1 Å². The third kappa shape index (κ3) is 3.39. The number of rotatable bonds is 2. The monoisotopic (exact) mass is 173 g/mol. The Labute approximate surface area is 72.3 Å². The SMILES string of the molecule is C[C](C)O[Si](C)(C)C(C)(C)C. The molecule has 1 radical (unpaired) electrons. The van der Waals surface area contributed by atoms with E-state index in [0.29, 0.717) is 5.04 Å². The second kappa shape index (κ2) is 3.28. The van der Waals surface area contributed by atoms with Crippen molar-refractivity contribution in [1.82, 2.24) is 0 Å². The van der Waals surface area contributed by atoms with Gasteiger partial charge in [0.05, 0.1) is 6.10 Å². The van der Waals surface area contributed by atoms with Gasteiger partial charge >= 0.3 is 0 Å². The summed E-state index contributed by atoms with van der Waals surface area (Å²) >= 11 is 0. The molecule has 0 aromatic rings. The van der Waals surface area contributed by atoms with Crippen LogP contribution < -0.4 is 0 Å². The van der Waals surface area contributed by atoms with E-state index in [1.54, 1.807) is 0 Å². The molecular formula is C9H21OSi. The normalized spacial score (nSPS) is 14.2. The smallest absolute Gasteiger partial charge is 0.192 e. The lowest BCUT2D eigenvalue weighted by Crippen LogP contribution is -2.41. The summed E-state index contributed by atoms with van der Waals surface area (Å²) in [6, 6.07) is 0. The highest BCUT2D eigenvalue weighted by molar-refractivity contribution is 6.74. The molecule has 0 amide bonds. The topological polar surface area (TPSA) is 9.23 Å². The van der Waals surface area contributed by atoms with E-state index in [2.05, 4.69) is 33.9 Å². The fourth-order valence-electron chi connectivity index (χ4n) is 0.663. The lowest BCUT2D eigenvalue weighted by Gasteiger charge is -2.37. The summed E-state index contributed by atoms with van der Waals surface area (Å²) in [7, 11) is -1.51. The summed E-state index contributed by atoms with van der Waals surface area (Å²) in [4.78, 5) is 0. The first kappa shape index (κ1) is 11.2.